The van der Waals surface area contributed by atoms with E-state index in [9.17, 15) is 13.2 Å². The number of allylic oxidation sites excluding steroid dienone is 4. The summed E-state index contributed by atoms with van der Waals surface area (Å²) in [6.07, 6.45) is -0.0956. The highest BCUT2D eigenvalue weighted by Gasteiger charge is 2.30. The molecule has 2 aliphatic rings. The van der Waals surface area contributed by atoms with Crippen LogP contribution in [0, 0.1) is 11.7 Å². The maximum atomic E-state index is 14.8. The predicted molar refractivity (Wildman–Crippen MR) is 112 cm³/mol. The van der Waals surface area contributed by atoms with E-state index in [1.165, 1.54) is 6.07 Å². The Morgan fingerprint density at radius 3 is 2.20 bits per heavy atom. The molecule has 2 unspecified atom stereocenters. The molecule has 0 spiro atoms. The van der Waals surface area contributed by atoms with Crippen molar-refractivity contribution in [2.45, 2.75) is 38.9 Å². The quantitative estimate of drug-likeness (QED) is 0.562. The van der Waals surface area contributed by atoms with Gasteiger partial charge in [0, 0.05) is 17.0 Å². The van der Waals surface area contributed by atoms with Gasteiger partial charge in [-0.15, -0.1) is 0 Å². The van der Waals surface area contributed by atoms with Crippen LogP contribution in [-0.2, 0) is 9.47 Å². The minimum absolute atomic E-state index is 0.308. The lowest BCUT2D eigenvalue weighted by atomic mass is 9.88. The van der Waals surface area contributed by atoms with Crippen molar-refractivity contribution in [2.75, 3.05) is 13.2 Å². The third kappa shape index (κ3) is 4.09. The number of halogens is 3. The number of ether oxygens (including phenoxy) is 2. The molecule has 1 saturated heterocycles. The van der Waals surface area contributed by atoms with Gasteiger partial charge in [0.1, 0.15) is 5.82 Å². The summed E-state index contributed by atoms with van der Waals surface area (Å²) in [7, 11) is 0. The van der Waals surface area contributed by atoms with E-state index in [2.05, 4.69) is 0 Å². The Bertz CT molecular complexity index is 957. The molecule has 1 aliphatic carbocycles. The second-order valence-corrected chi connectivity index (χ2v) is 7.94. The van der Waals surface area contributed by atoms with Crippen molar-refractivity contribution in [1.82, 2.24) is 0 Å². The SMILES string of the molecule is CCC1=CC=C(c2ccc(-c3ccc(C4OCC(C)CO4)cc3F)cc2)C(F)C1F. The average molecular weight is 414 g/mol. The average Bonchev–Trinajstić information content (AvgIpc) is 2.76. The van der Waals surface area contributed by atoms with Gasteiger partial charge in [0.25, 0.3) is 0 Å². The normalized spacial score (nSPS) is 26.8. The first-order valence-corrected chi connectivity index (χ1v) is 10.3. The summed E-state index contributed by atoms with van der Waals surface area (Å²) in [5, 5.41) is 0. The molecule has 2 nitrogen and oxygen atoms in total. The van der Waals surface area contributed by atoms with Gasteiger partial charge in [0.15, 0.2) is 18.6 Å². The molecule has 1 fully saturated rings. The molecule has 5 heteroatoms. The minimum Gasteiger partial charge on any atom is -0.348 e. The Labute approximate surface area is 175 Å². The Morgan fingerprint density at radius 1 is 0.900 bits per heavy atom. The maximum Gasteiger partial charge on any atom is 0.183 e. The fraction of sp³-hybridized carbons (Fsp3) is 0.360. The molecule has 2 atom stereocenters. The van der Waals surface area contributed by atoms with Crippen LogP contribution in [0.15, 0.2) is 60.2 Å². The molecule has 1 heterocycles. The van der Waals surface area contributed by atoms with E-state index in [1.54, 1.807) is 48.6 Å². The molecule has 2 aromatic carbocycles. The van der Waals surface area contributed by atoms with Gasteiger partial charge in [0.05, 0.1) is 13.2 Å². The molecule has 2 aromatic rings. The lowest BCUT2D eigenvalue weighted by Crippen LogP contribution is -2.25. The summed E-state index contributed by atoms with van der Waals surface area (Å²) in [4.78, 5) is 0. The zero-order valence-electron chi connectivity index (χ0n) is 17.1. The summed E-state index contributed by atoms with van der Waals surface area (Å²) >= 11 is 0. The third-order valence-electron chi connectivity index (χ3n) is 5.65. The highest BCUT2D eigenvalue weighted by molar-refractivity contribution is 5.75. The third-order valence-corrected chi connectivity index (χ3v) is 5.65. The minimum atomic E-state index is -1.69. The van der Waals surface area contributed by atoms with Crippen molar-refractivity contribution < 1.29 is 22.6 Å². The summed E-state index contributed by atoms with van der Waals surface area (Å²) in [5.74, 6) is -0.0607. The molecule has 1 aliphatic heterocycles. The van der Waals surface area contributed by atoms with E-state index in [1.807, 2.05) is 13.8 Å². The molecular formula is C25H25F3O2. The number of hydrogen-bond donors (Lipinski definition) is 0. The highest BCUT2D eigenvalue weighted by Crippen LogP contribution is 2.35. The van der Waals surface area contributed by atoms with Crippen LogP contribution in [0.3, 0.4) is 0 Å². The van der Waals surface area contributed by atoms with Crippen LogP contribution in [0.1, 0.15) is 37.7 Å². The van der Waals surface area contributed by atoms with Gasteiger partial charge in [-0.2, -0.15) is 0 Å². The smallest absolute Gasteiger partial charge is 0.183 e. The second-order valence-electron chi connectivity index (χ2n) is 7.94. The maximum absolute atomic E-state index is 14.8. The number of hydrogen-bond acceptors (Lipinski definition) is 2. The fourth-order valence-electron chi connectivity index (χ4n) is 3.84. The lowest BCUT2D eigenvalue weighted by Gasteiger charge is -2.27. The first kappa shape index (κ1) is 20.9. The largest absolute Gasteiger partial charge is 0.348 e. The van der Waals surface area contributed by atoms with E-state index in [-0.39, 0.29) is 5.82 Å². The molecule has 0 amide bonds. The van der Waals surface area contributed by atoms with Crippen molar-refractivity contribution in [3.8, 4) is 11.1 Å². The standard InChI is InChI=1S/C25H25F3O2/c1-3-16-8-11-21(24(28)23(16)27)18-6-4-17(5-7-18)20-10-9-19(12-22(20)26)25-29-13-15(2)14-30-25/h4-12,15,23-25H,3,13-14H2,1-2H3. The molecule has 30 heavy (non-hydrogen) atoms. The van der Waals surface area contributed by atoms with Crippen molar-refractivity contribution in [3.05, 3.63) is 77.1 Å². The van der Waals surface area contributed by atoms with Gasteiger partial charge in [0.2, 0.25) is 0 Å². The second kappa shape index (κ2) is 8.78. The van der Waals surface area contributed by atoms with Crippen LogP contribution >= 0.6 is 0 Å². The number of rotatable bonds is 4. The Hall–Kier alpha value is -2.37. The highest BCUT2D eigenvalue weighted by atomic mass is 19.2. The summed E-state index contributed by atoms with van der Waals surface area (Å²) < 4.78 is 54.8. The van der Waals surface area contributed by atoms with Gasteiger partial charge in [-0.25, -0.2) is 13.2 Å². The van der Waals surface area contributed by atoms with Gasteiger partial charge in [-0.05, 0) is 34.8 Å². The Balaban J connectivity index is 1.55. The van der Waals surface area contributed by atoms with Crippen LogP contribution in [0.5, 0.6) is 0 Å². The van der Waals surface area contributed by atoms with Crippen molar-refractivity contribution in [3.63, 3.8) is 0 Å². The number of benzene rings is 2. The summed E-state index contributed by atoms with van der Waals surface area (Å²) in [6, 6.07) is 11.8. The topological polar surface area (TPSA) is 18.5 Å². The van der Waals surface area contributed by atoms with E-state index in [0.717, 1.165) is 0 Å². The Kier molecular flexibility index (Phi) is 6.11. The molecule has 4 rings (SSSR count). The fourth-order valence-corrected chi connectivity index (χ4v) is 3.84. The number of alkyl halides is 2. The van der Waals surface area contributed by atoms with Crippen LogP contribution in [0.2, 0.25) is 0 Å². The zero-order valence-corrected chi connectivity index (χ0v) is 17.1. The molecule has 0 N–H and O–H groups in total. The van der Waals surface area contributed by atoms with Crippen molar-refractivity contribution in [2.24, 2.45) is 5.92 Å². The first-order chi connectivity index (χ1) is 14.5. The van der Waals surface area contributed by atoms with Crippen molar-refractivity contribution in [1.29, 1.82) is 0 Å². The summed E-state index contributed by atoms with van der Waals surface area (Å²) in [6.45, 7) is 5.00. The van der Waals surface area contributed by atoms with E-state index < -0.39 is 18.6 Å². The lowest BCUT2D eigenvalue weighted by molar-refractivity contribution is -0.202. The van der Waals surface area contributed by atoms with Crippen molar-refractivity contribution >= 4 is 5.57 Å². The first-order valence-electron chi connectivity index (χ1n) is 10.3. The van der Waals surface area contributed by atoms with E-state index in [0.29, 0.717) is 59.0 Å². The monoisotopic (exact) mass is 414 g/mol. The van der Waals surface area contributed by atoms with Gasteiger partial charge < -0.3 is 9.47 Å². The van der Waals surface area contributed by atoms with E-state index in [4.69, 9.17) is 9.47 Å². The van der Waals surface area contributed by atoms with Gasteiger partial charge in [-0.3, -0.25) is 0 Å². The predicted octanol–water partition coefficient (Wildman–Crippen LogP) is 6.58. The molecule has 0 saturated carbocycles. The zero-order chi connectivity index (χ0) is 21.3. The molecule has 158 valence electrons. The van der Waals surface area contributed by atoms with Crippen LogP contribution in [0.4, 0.5) is 13.2 Å². The molecular weight excluding hydrogens is 389 g/mol. The van der Waals surface area contributed by atoms with Crippen LogP contribution in [-0.4, -0.2) is 25.6 Å². The summed E-state index contributed by atoms with van der Waals surface area (Å²) in [5.41, 5.74) is 3.10. The van der Waals surface area contributed by atoms with E-state index >= 15 is 0 Å². The van der Waals surface area contributed by atoms with Gasteiger partial charge >= 0.3 is 0 Å². The molecule has 0 radical (unpaired) electrons. The van der Waals surface area contributed by atoms with Crippen LogP contribution in [0.25, 0.3) is 16.7 Å². The Morgan fingerprint density at radius 2 is 1.57 bits per heavy atom. The van der Waals surface area contributed by atoms with Gasteiger partial charge in [-0.1, -0.05) is 62.4 Å². The van der Waals surface area contributed by atoms with Crippen LogP contribution < -0.4 is 0 Å². The molecule has 0 aromatic heterocycles. The molecule has 0 bridgehead atoms.